The predicted molar refractivity (Wildman–Crippen MR) is 80.2 cm³/mol. The molecule has 106 valence electrons. The standard InChI is InChI=1S/C15H11ClN2O3/c1-21-14-6-5-11(16)8-13(14)18-15(20)10-3-2-4-12(7-10)17-9-19/h2-8H,1H3,(H,18,20). The number of hydrogen-bond acceptors (Lipinski definition) is 4. The first-order chi connectivity index (χ1) is 10.1. The fourth-order valence-electron chi connectivity index (χ4n) is 1.74. The first-order valence-corrected chi connectivity index (χ1v) is 6.34. The average Bonchev–Trinajstić information content (AvgIpc) is 2.48. The molecule has 2 rings (SSSR count). The van der Waals surface area contributed by atoms with Gasteiger partial charge >= 0.3 is 0 Å². The predicted octanol–water partition coefficient (Wildman–Crippen LogP) is 3.57. The highest BCUT2D eigenvalue weighted by Crippen LogP contribution is 2.28. The van der Waals surface area contributed by atoms with Gasteiger partial charge in [-0.2, -0.15) is 4.99 Å². The van der Waals surface area contributed by atoms with Crippen molar-refractivity contribution in [2.75, 3.05) is 12.4 Å². The van der Waals surface area contributed by atoms with Crippen LogP contribution < -0.4 is 10.1 Å². The third-order valence-electron chi connectivity index (χ3n) is 2.69. The number of amides is 1. The van der Waals surface area contributed by atoms with E-state index in [0.29, 0.717) is 27.7 Å². The number of methoxy groups -OCH3 is 1. The van der Waals surface area contributed by atoms with Crippen molar-refractivity contribution in [3.05, 3.63) is 53.1 Å². The lowest BCUT2D eigenvalue weighted by Crippen LogP contribution is -2.12. The van der Waals surface area contributed by atoms with Crippen LogP contribution in [0.5, 0.6) is 5.75 Å². The summed E-state index contributed by atoms with van der Waals surface area (Å²) in [5.41, 5.74) is 1.17. The number of benzene rings is 2. The maximum Gasteiger partial charge on any atom is 0.255 e. The minimum absolute atomic E-state index is 0.355. The van der Waals surface area contributed by atoms with Crippen molar-refractivity contribution in [3.63, 3.8) is 0 Å². The van der Waals surface area contributed by atoms with Gasteiger partial charge < -0.3 is 10.1 Å². The first-order valence-electron chi connectivity index (χ1n) is 5.97. The fourth-order valence-corrected chi connectivity index (χ4v) is 1.91. The van der Waals surface area contributed by atoms with Crippen LogP contribution in [0.25, 0.3) is 0 Å². The topological polar surface area (TPSA) is 67.8 Å². The Morgan fingerprint density at radius 1 is 1.29 bits per heavy atom. The van der Waals surface area contributed by atoms with Crippen molar-refractivity contribution < 1.29 is 14.3 Å². The molecule has 0 bridgehead atoms. The summed E-state index contributed by atoms with van der Waals surface area (Å²) in [5, 5.41) is 3.18. The number of nitrogens with zero attached hydrogens (tertiary/aromatic N) is 1. The number of halogens is 1. The number of carbonyl (C=O) groups excluding carboxylic acids is 2. The number of rotatable bonds is 4. The van der Waals surface area contributed by atoms with Crippen molar-refractivity contribution >= 4 is 35.0 Å². The molecule has 6 heteroatoms. The van der Waals surface area contributed by atoms with E-state index < -0.39 is 0 Å². The van der Waals surface area contributed by atoms with Gasteiger partial charge in [0, 0.05) is 10.6 Å². The molecule has 0 heterocycles. The number of anilines is 1. The highest BCUT2D eigenvalue weighted by molar-refractivity contribution is 6.31. The van der Waals surface area contributed by atoms with Gasteiger partial charge in [0.1, 0.15) is 5.75 Å². The van der Waals surface area contributed by atoms with Crippen LogP contribution in [-0.4, -0.2) is 19.1 Å². The van der Waals surface area contributed by atoms with E-state index in [9.17, 15) is 9.59 Å². The smallest absolute Gasteiger partial charge is 0.255 e. The van der Waals surface area contributed by atoms with Gasteiger partial charge in [-0.05, 0) is 36.4 Å². The molecule has 0 saturated heterocycles. The first kappa shape index (κ1) is 14.8. The van der Waals surface area contributed by atoms with E-state index in [2.05, 4.69) is 10.3 Å². The molecular formula is C15H11ClN2O3. The summed E-state index contributed by atoms with van der Waals surface area (Å²) in [5.74, 6) is 0.133. The molecule has 0 aliphatic heterocycles. The van der Waals surface area contributed by atoms with E-state index >= 15 is 0 Å². The molecule has 2 aromatic carbocycles. The molecule has 1 amide bonds. The average molecular weight is 303 g/mol. The maximum atomic E-state index is 12.2. The van der Waals surface area contributed by atoms with Gasteiger partial charge in [-0.15, -0.1) is 0 Å². The molecule has 0 fully saturated rings. The minimum atomic E-state index is -0.362. The van der Waals surface area contributed by atoms with Gasteiger partial charge in [0.2, 0.25) is 6.08 Å². The summed E-state index contributed by atoms with van der Waals surface area (Å²) in [7, 11) is 1.50. The molecule has 2 aromatic rings. The summed E-state index contributed by atoms with van der Waals surface area (Å²) in [4.78, 5) is 25.9. The summed E-state index contributed by atoms with van der Waals surface area (Å²) < 4.78 is 5.16. The molecule has 21 heavy (non-hydrogen) atoms. The second-order valence-electron chi connectivity index (χ2n) is 4.05. The van der Waals surface area contributed by atoms with Crippen molar-refractivity contribution in [1.29, 1.82) is 0 Å². The Kier molecular flexibility index (Phi) is 4.72. The Hall–Kier alpha value is -2.62. The third kappa shape index (κ3) is 3.69. The highest BCUT2D eigenvalue weighted by Gasteiger charge is 2.10. The summed E-state index contributed by atoms with van der Waals surface area (Å²) in [6.07, 6.45) is 1.43. The molecule has 0 aromatic heterocycles. The quantitative estimate of drug-likeness (QED) is 0.693. The van der Waals surface area contributed by atoms with E-state index in [1.807, 2.05) is 0 Å². The van der Waals surface area contributed by atoms with E-state index in [1.54, 1.807) is 36.4 Å². The molecule has 0 radical (unpaired) electrons. The Labute approximate surface area is 126 Å². The van der Waals surface area contributed by atoms with E-state index in [0.717, 1.165) is 0 Å². The largest absolute Gasteiger partial charge is 0.495 e. The van der Waals surface area contributed by atoms with Crippen molar-refractivity contribution in [3.8, 4) is 5.75 Å². The number of hydrogen-bond donors (Lipinski definition) is 1. The minimum Gasteiger partial charge on any atom is -0.495 e. The van der Waals surface area contributed by atoms with Gasteiger partial charge in [-0.3, -0.25) is 4.79 Å². The normalized spacial score (nSPS) is 9.62. The highest BCUT2D eigenvalue weighted by atomic mass is 35.5. The Bertz CT molecular complexity index is 725. The number of nitrogens with one attached hydrogen (secondary N) is 1. The number of carbonyl (C=O) groups is 1. The van der Waals surface area contributed by atoms with Crippen LogP contribution in [0, 0.1) is 0 Å². The van der Waals surface area contributed by atoms with Gasteiger partial charge in [0.05, 0.1) is 18.5 Å². The van der Waals surface area contributed by atoms with Crippen LogP contribution in [0.1, 0.15) is 10.4 Å². The fraction of sp³-hybridized carbons (Fsp3) is 0.0667. The lowest BCUT2D eigenvalue weighted by Gasteiger charge is -2.10. The lowest BCUT2D eigenvalue weighted by atomic mass is 10.2. The molecule has 1 N–H and O–H groups in total. The van der Waals surface area contributed by atoms with E-state index in [4.69, 9.17) is 16.3 Å². The zero-order valence-electron chi connectivity index (χ0n) is 11.1. The van der Waals surface area contributed by atoms with E-state index in [-0.39, 0.29) is 5.91 Å². The summed E-state index contributed by atoms with van der Waals surface area (Å²) >= 11 is 5.90. The van der Waals surface area contributed by atoms with Crippen LogP contribution in [-0.2, 0) is 4.79 Å². The van der Waals surface area contributed by atoms with Gasteiger partial charge in [0.25, 0.3) is 5.91 Å². The molecule has 0 aliphatic carbocycles. The zero-order valence-corrected chi connectivity index (χ0v) is 11.8. The monoisotopic (exact) mass is 302 g/mol. The van der Waals surface area contributed by atoms with Crippen LogP contribution in [0.15, 0.2) is 47.5 Å². The van der Waals surface area contributed by atoms with Gasteiger partial charge in [-0.25, -0.2) is 4.79 Å². The van der Waals surface area contributed by atoms with Crippen molar-refractivity contribution in [1.82, 2.24) is 0 Å². The molecule has 0 aliphatic rings. The summed E-state index contributed by atoms with van der Waals surface area (Å²) in [6.45, 7) is 0. The van der Waals surface area contributed by atoms with Crippen molar-refractivity contribution in [2.45, 2.75) is 0 Å². The second-order valence-corrected chi connectivity index (χ2v) is 4.49. The second kappa shape index (κ2) is 6.70. The molecule has 0 atom stereocenters. The van der Waals surface area contributed by atoms with Crippen LogP contribution >= 0.6 is 11.6 Å². The Morgan fingerprint density at radius 3 is 2.81 bits per heavy atom. The number of ether oxygens (including phenoxy) is 1. The van der Waals surface area contributed by atoms with Crippen molar-refractivity contribution in [2.24, 2.45) is 4.99 Å². The summed E-state index contributed by atoms with van der Waals surface area (Å²) in [6, 6.07) is 11.2. The molecule has 0 saturated carbocycles. The lowest BCUT2D eigenvalue weighted by molar-refractivity contribution is 0.102. The molecular weight excluding hydrogens is 292 g/mol. The van der Waals surface area contributed by atoms with Crippen LogP contribution in [0.4, 0.5) is 11.4 Å². The maximum absolute atomic E-state index is 12.2. The zero-order chi connectivity index (χ0) is 15.2. The SMILES string of the molecule is COc1ccc(Cl)cc1NC(=O)c1cccc(N=C=O)c1. The van der Waals surface area contributed by atoms with Crippen LogP contribution in [0.2, 0.25) is 5.02 Å². The Balaban J connectivity index is 2.27. The van der Waals surface area contributed by atoms with E-state index in [1.165, 1.54) is 19.3 Å². The van der Waals surface area contributed by atoms with Crippen LogP contribution in [0.3, 0.4) is 0 Å². The molecule has 0 spiro atoms. The molecule has 0 unspecified atom stereocenters. The Morgan fingerprint density at radius 2 is 2.10 bits per heavy atom. The van der Waals surface area contributed by atoms with Gasteiger partial charge in [-0.1, -0.05) is 17.7 Å². The van der Waals surface area contributed by atoms with Gasteiger partial charge in [0.15, 0.2) is 0 Å². The number of aliphatic imine (C=N–C) groups is 1. The third-order valence-corrected chi connectivity index (χ3v) is 2.93. The number of isocyanates is 1. The molecule has 5 nitrogen and oxygen atoms in total.